The molecule has 0 bridgehead atoms. The number of hydrogen-bond acceptors (Lipinski definition) is 4. The predicted octanol–water partition coefficient (Wildman–Crippen LogP) is 5.60. The number of hydrogen-bond donors (Lipinski definition) is 1. The summed E-state index contributed by atoms with van der Waals surface area (Å²) in [5, 5.41) is 2.22. The molecule has 3 aromatic carbocycles. The molecule has 0 radical (unpaired) electrons. The summed E-state index contributed by atoms with van der Waals surface area (Å²) in [4.78, 5) is 28.8. The first-order valence-electron chi connectivity index (χ1n) is 13.1. The van der Waals surface area contributed by atoms with Crippen LogP contribution in [0, 0.1) is 6.92 Å². The van der Waals surface area contributed by atoms with Gasteiger partial charge in [-0.15, -0.1) is 0 Å². The van der Waals surface area contributed by atoms with Crippen molar-refractivity contribution in [2.75, 3.05) is 17.1 Å². The molecule has 3 rings (SSSR count). The second kappa shape index (κ2) is 13.6. The van der Waals surface area contributed by atoms with Crippen LogP contribution in [0.25, 0.3) is 0 Å². The smallest absolute Gasteiger partial charge is 0.352 e. The minimum atomic E-state index is -4.85. The summed E-state index contributed by atoms with van der Waals surface area (Å²) >= 11 is 5.74. The summed E-state index contributed by atoms with van der Waals surface area (Å²) in [6.07, 6.45) is -3.94. The molecule has 3 aromatic rings. The van der Waals surface area contributed by atoms with E-state index in [2.05, 4.69) is 5.32 Å². The van der Waals surface area contributed by atoms with Crippen LogP contribution in [0.15, 0.2) is 72.8 Å². The molecule has 0 aliphatic carbocycles. The highest BCUT2D eigenvalue weighted by Gasteiger charge is 2.36. The summed E-state index contributed by atoms with van der Waals surface area (Å²) in [6, 6.07) is 17.6. The molecule has 42 heavy (non-hydrogen) atoms. The van der Waals surface area contributed by atoms with E-state index in [1.165, 1.54) is 4.90 Å². The standard InChI is InChI=1S/C30H33ClF3N3O4S/c1-20(2)35-29(39)27(16-22-8-6-5-7-9-22)36(18-23-12-10-21(3)11-13-23)28(38)19-37(42(4,40)41)24-14-15-26(31)25(17-24)30(32,33)34/h5-15,17,20,27H,16,18-19H2,1-4H3,(H,35,39)/t27-/m1/s1. The van der Waals surface area contributed by atoms with Crippen LogP contribution in [0.3, 0.4) is 0 Å². The van der Waals surface area contributed by atoms with E-state index in [1.807, 2.05) is 25.1 Å². The highest BCUT2D eigenvalue weighted by molar-refractivity contribution is 7.92. The van der Waals surface area contributed by atoms with Crippen LogP contribution < -0.4 is 9.62 Å². The summed E-state index contributed by atoms with van der Waals surface area (Å²) in [5.41, 5.74) is 0.792. The maximum atomic E-state index is 14.0. The Balaban J connectivity index is 2.09. The van der Waals surface area contributed by atoms with E-state index in [-0.39, 0.29) is 24.7 Å². The highest BCUT2D eigenvalue weighted by atomic mass is 35.5. The number of nitrogens with one attached hydrogen (secondary N) is 1. The molecule has 0 aliphatic rings. The molecule has 0 unspecified atom stereocenters. The van der Waals surface area contributed by atoms with Gasteiger partial charge in [-0.2, -0.15) is 13.2 Å². The van der Waals surface area contributed by atoms with Gasteiger partial charge in [0.25, 0.3) is 0 Å². The number of aryl methyl sites for hydroxylation is 1. The summed E-state index contributed by atoms with van der Waals surface area (Å²) in [6.45, 7) is 4.55. The zero-order valence-electron chi connectivity index (χ0n) is 23.7. The van der Waals surface area contributed by atoms with E-state index in [9.17, 15) is 31.2 Å². The molecule has 0 aromatic heterocycles. The monoisotopic (exact) mass is 623 g/mol. The zero-order valence-corrected chi connectivity index (χ0v) is 25.2. The molecule has 1 atom stereocenters. The minimum absolute atomic E-state index is 0.0475. The Bertz CT molecular complexity index is 1500. The van der Waals surface area contributed by atoms with Gasteiger partial charge in [0.2, 0.25) is 21.8 Å². The number of nitrogens with zero attached hydrogens (tertiary/aromatic N) is 2. The number of sulfonamides is 1. The minimum Gasteiger partial charge on any atom is -0.352 e. The first-order chi connectivity index (χ1) is 19.6. The summed E-state index contributed by atoms with van der Waals surface area (Å²) < 4.78 is 67.0. The van der Waals surface area contributed by atoms with E-state index in [0.29, 0.717) is 15.9 Å². The van der Waals surface area contributed by atoms with Crippen molar-refractivity contribution >= 4 is 39.1 Å². The maximum Gasteiger partial charge on any atom is 0.417 e. The van der Waals surface area contributed by atoms with Crippen molar-refractivity contribution in [2.45, 2.75) is 52.0 Å². The van der Waals surface area contributed by atoms with Crippen molar-refractivity contribution in [3.8, 4) is 0 Å². The van der Waals surface area contributed by atoms with Crippen LogP contribution >= 0.6 is 11.6 Å². The molecule has 0 saturated heterocycles. The normalized spacial score (nSPS) is 12.6. The number of benzene rings is 3. The second-order valence-electron chi connectivity index (χ2n) is 10.3. The van der Waals surface area contributed by atoms with Gasteiger partial charge in [-0.05, 0) is 50.1 Å². The van der Waals surface area contributed by atoms with Crippen LogP contribution in [0.1, 0.15) is 36.1 Å². The van der Waals surface area contributed by atoms with Crippen LogP contribution in [0.5, 0.6) is 0 Å². The lowest BCUT2D eigenvalue weighted by atomic mass is 10.0. The number of carbonyl (C=O) groups is 2. The fraction of sp³-hybridized carbons (Fsp3) is 0.333. The van der Waals surface area contributed by atoms with E-state index in [1.54, 1.807) is 50.2 Å². The van der Waals surface area contributed by atoms with Gasteiger partial charge in [0, 0.05) is 19.0 Å². The van der Waals surface area contributed by atoms with Gasteiger partial charge in [-0.3, -0.25) is 13.9 Å². The summed E-state index contributed by atoms with van der Waals surface area (Å²) in [7, 11) is -4.25. The Labute approximate surface area is 249 Å². The molecule has 1 N–H and O–H groups in total. The van der Waals surface area contributed by atoms with Crippen LogP contribution in [0.2, 0.25) is 5.02 Å². The van der Waals surface area contributed by atoms with E-state index < -0.39 is 51.2 Å². The van der Waals surface area contributed by atoms with Crippen molar-refractivity contribution < 1.29 is 31.2 Å². The average Bonchev–Trinajstić information content (AvgIpc) is 2.89. The van der Waals surface area contributed by atoms with Crippen molar-refractivity contribution in [3.05, 3.63) is 100 Å². The quantitative estimate of drug-likeness (QED) is 0.301. The lowest BCUT2D eigenvalue weighted by Gasteiger charge is -2.34. The predicted molar refractivity (Wildman–Crippen MR) is 158 cm³/mol. The van der Waals surface area contributed by atoms with Crippen LogP contribution in [-0.2, 0) is 38.8 Å². The molecule has 12 heteroatoms. The van der Waals surface area contributed by atoms with Gasteiger partial charge in [0.05, 0.1) is 22.5 Å². The number of alkyl halides is 3. The first-order valence-corrected chi connectivity index (χ1v) is 15.3. The lowest BCUT2D eigenvalue weighted by molar-refractivity contribution is -0.140. The Morgan fingerprint density at radius 3 is 2.12 bits per heavy atom. The summed E-state index contributed by atoms with van der Waals surface area (Å²) in [5.74, 6) is -1.23. The Morgan fingerprint density at radius 2 is 1.57 bits per heavy atom. The van der Waals surface area contributed by atoms with E-state index >= 15 is 0 Å². The topological polar surface area (TPSA) is 86.8 Å². The Kier molecular flexibility index (Phi) is 10.7. The molecule has 0 fully saturated rings. The van der Waals surface area contributed by atoms with Gasteiger partial charge in [-0.25, -0.2) is 8.42 Å². The molecule has 0 aliphatic heterocycles. The Hall–Kier alpha value is -3.57. The third-order valence-corrected chi connectivity index (χ3v) is 7.87. The third kappa shape index (κ3) is 8.96. The maximum absolute atomic E-state index is 14.0. The number of halogens is 4. The molecule has 2 amide bonds. The van der Waals surface area contributed by atoms with Gasteiger partial charge in [0.1, 0.15) is 12.6 Å². The number of anilines is 1. The molecule has 0 saturated carbocycles. The molecule has 7 nitrogen and oxygen atoms in total. The third-order valence-electron chi connectivity index (χ3n) is 6.40. The number of rotatable bonds is 11. The molecule has 0 spiro atoms. The second-order valence-corrected chi connectivity index (χ2v) is 12.6. The van der Waals surface area contributed by atoms with Crippen LogP contribution in [0.4, 0.5) is 18.9 Å². The fourth-order valence-corrected chi connectivity index (χ4v) is 5.39. The van der Waals surface area contributed by atoms with Gasteiger partial charge >= 0.3 is 6.18 Å². The molecular formula is C30H33ClF3N3O4S. The average molecular weight is 624 g/mol. The molecular weight excluding hydrogens is 591 g/mol. The van der Waals surface area contributed by atoms with Crippen molar-refractivity contribution in [3.63, 3.8) is 0 Å². The molecule has 226 valence electrons. The SMILES string of the molecule is Cc1ccc(CN(C(=O)CN(c2ccc(Cl)c(C(F)(F)F)c2)S(C)(=O)=O)[C@H](Cc2ccccc2)C(=O)NC(C)C)cc1. The van der Waals surface area contributed by atoms with Crippen LogP contribution in [-0.4, -0.2) is 50.0 Å². The van der Waals surface area contributed by atoms with E-state index in [0.717, 1.165) is 29.5 Å². The van der Waals surface area contributed by atoms with Crippen molar-refractivity contribution in [1.82, 2.24) is 10.2 Å². The lowest BCUT2D eigenvalue weighted by Crippen LogP contribution is -2.54. The van der Waals surface area contributed by atoms with E-state index in [4.69, 9.17) is 11.6 Å². The molecule has 0 heterocycles. The number of carbonyl (C=O) groups excluding carboxylic acids is 2. The van der Waals surface area contributed by atoms with Gasteiger partial charge in [0.15, 0.2) is 0 Å². The van der Waals surface area contributed by atoms with Crippen molar-refractivity contribution in [2.24, 2.45) is 0 Å². The Morgan fingerprint density at radius 1 is 0.952 bits per heavy atom. The van der Waals surface area contributed by atoms with Gasteiger partial charge < -0.3 is 10.2 Å². The first kappa shape index (κ1) is 32.9. The zero-order chi connectivity index (χ0) is 31.2. The van der Waals surface area contributed by atoms with Gasteiger partial charge in [-0.1, -0.05) is 71.8 Å². The van der Waals surface area contributed by atoms with Crippen molar-refractivity contribution in [1.29, 1.82) is 0 Å². The largest absolute Gasteiger partial charge is 0.417 e. The highest BCUT2D eigenvalue weighted by Crippen LogP contribution is 2.37. The number of amides is 2. The fourth-order valence-electron chi connectivity index (χ4n) is 4.32.